The summed E-state index contributed by atoms with van der Waals surface area (Å²) in [6, 6.07) is 0. The number of hydrogen-bond donors (Lipinski definition) is 1. The van der Waals surface area contributed by atoms with E-state index in [2.05, 4.69) is 0 Å². The van der Waals surface area contributed by atoms with E-state index in [4.69, 9.17) is 5.11 Å². The summed E-state index contributed by atoms with van der Waals surface area (Å²) in [7, 11) is -7.45. The highest BCUT2D eigenvalue weighted by Crippen LogP contribution is 2.15. The quantitative estimate of drug-likeness (QED) is 0.726. The first kappa shape index (κ1) is 17.4. The van der Waals surface area contributed by atoms with Crippen molar-refractivity contribution >= 4 is 25.6 Å². The lowest BCUT2D eigenvalue weighted by Crippen LogP contribution is -2.38. The molecule has 0 rings (SSSR count). The highest BCUT2D eigenvalue weighted by molar-refractivity contribution is 7.96. The molecular formula is C10H20O6S2. The Kier molecular flexibility index (Phi) is 5.80. The number of carbonyl (C=O) groups is 1. The Morgan fingerprint density at radius 1 is 0.944 bits per heavy atom. The third kappa shape index (κ3) is 4.56. The van der Waals surface area contributed by atoms with Crippen LogP contribution < -0.4 is 0 Å². The normalized spacial score (nSPS) is 15.0. The molecule has 0 heterocycles. The molecule has 6 nitrogen and oxygen atoms in total. The van der Waals surface area contributed by atoms with Crippen LogP contribution in [-0.2, 0) is 24.5 Å². The fourth-order valence-electron chi connectivity index (χ4n) is 1.45. The zero-order valence-corrected chi connectivity index (χ0v) is 12.6. The molecule has 0 aromatic rings. The van der Waals surface area contributed by atoms with Gasteiger partial charge in [0, 0.05) is 0 Å². The van der Waals surface area contributed by atoms with Gasteiger partial charge in [-0.15, -0.1) is 0 Å². The Morgan fingerprint density at radius 2 is 1.33 bits per heavy atom. The van der Waals surface area contributed by atoms with Gasteiger partial charge < -0.3 is 5.11 Å². The van der Waals surface area contributed by atoms with Gasteiger partial charge in [-0.1, -0.05) is 13.8 Å². The van der Waals surface area contributed by atoms with Gasteiger partial charge in [0.1, 0.15) is 0 Å². The van der Waals surface area contributed by atoms with Crippen molar-refractivity contribution in [3.8, 4) is 0 Å². The number of sulfone groups is 2. The van der Waals surface area contributed by atoms with Crippen molar-refractivity contribution in [2.75, 3.05) is 11.5 Å². The maximum atomic E-state index is 11.8. The second-order valence-corrected chi connectivity index (χ2v) is 9.70. The van der Waals surface area contributed by atoms with E-state index >= 15 is 0 Å². The minimum Gasteiger partial charge on any atom is -0.480 e. The third-order valence-corrected chi connectivity index (χ3v) is 7.37. The van der Waals surface area contributed by atoms with Crippen molar-refractivity contribution in [2.24, 2.45) is 5.92 Å². The SMILES string of the molecule is CC(C)C(C(=O)O)S(=O)(=O)CCS(=O)(=O)C(C)C. The molecule has 0 aliphatic rings. The zero-order valence-electron chi connectivity index (χ0n) is 11.0. The van der Waals surface area contributed by atoms with E-state index in [0.717, 1.165) is 0 Å². The Bertz CT molecular complexity index is 486. The van der Waals surface area contributed by atoms with Gasteiger partial charge in [0.2, 0.25) is 0 Å². The third-order valence-electron chi connectivity index (χ3n) is 2.61. The minimum absolute atomic E-state index is 0.538. The van der Waals surface area contributed by atoms with Crippen LogP contribution in [0.4, 0.5) is 0 Å². The summed E-state index contributed by atoms with van der Waals surface area (Å²) in [5, 5.41) is 6.66. The lowest BCUT2D eigenvalue weighted by Gasteiger charge is -2.17. The summed E-state index contributed by atoms with van der Waals surface area (Å²) in [5.74, 6) is -3.23. The van der Waals surface area contributed by atoms with Crippen LogP contribution >= 0.6 is 0 Å². The molecule has 1 N–H and O–H groups in total. The van der Waals surface area contributed by atoms with Crippen LogP contribution in [0, 0.1) is 5.92 Å². The second-order valence-electron chi connectivity index (χ2n) is 4.79. The highest BCUT2D eigenvalue weighted by Gasteiger charge is 2.36. The molecule has 0 aromatic carbocycles. The summed E-state index contributed by atoms with van der Waals surface area (Å²) in [4.78, 5) is 10.9. The van der Waals surface area contributed by atoms with E-state index in [1.54, 1.807) is 0 Å². The minimum atomic E-state index is -3.97. The van der Waals surface area contributed by atoms with Crippen LogP contribution in [0.3, 0.4) is 0 Å². The summed E-state index contributed by atoms with van der Waals surface area (Å²) < 4.78 is 46.7. The van der Waals surface area contributed by atoms with Crippen LogP contribution in [0.25, 0.3) is 0 Å². The van der Waals surface area contributed by atoms with Gasteiger partial charge >= 0.3 is 5.97 Å². The summed E-state index contributed by atoms with van der Waals surface area (Å²) in [6.07, 6.45) is 0. The van der Waals surface area contributed by atoms with Gasteiger partial charge in [-0.3, -0.25) is 4.79 Å². The maximum absolute atomic E-state index is 11.8. The van der Waals surface area contributed by atoms with E-state index < -0.39 is 53.6 Å². The number of carboxylic acids is 1. The first-order valence-electron chi connectivity index (χ1n) is 5.57. The average Bonchev–Trinajstić information content (AvgIpc) is 2.12. The predicted octanol–water partition coefficient (Wildman–Crippen LogP) is 0.334. The molecule has 1 unspecified atom stereocenters. The Balaban J connectivity index is 5.04. The lowest BCUT2D eigenvalue weighted by molar-refractivity contribution is -0.137. The van der Waals surface area contributed by atoms with Crippen molar-refractivity contribution in [2.45, 2.75) is 38.2 Å². The molecule has 0 radical (unpaired) electrons. The van der Waals surface area contributed by atoms with Crippen LogP contribution in [0.1, 0.15) is 27.7 Å². The Labute approximate surface area is 108 Å². The molecule has 18 heavy (non-hydrogen) atoms. The van der Waals surface area contributed by atoms with Gasteiger partial charge in [0.25, 0.3) is 0 Å². The molecule has 108 valence electrons. The van der Waals surface area contributed by atoms with Gasteiger partial charge in [0.15, 0.2) is 24.9 Å². The fourth-order valence-corrected chi connectivity index (χ4v) is 5.17. The Morgan fingerprint density at radius 3 is 1.61 bits per heavy atom. The molecule has 0 fully saturated rings. The first-order valence-corrected chi connectivity index (χ1v) is 9.01. The average molecular weight is 300 g/mol. The summed E-state index contributed by atoms with van der Waals surface area (Å²) >= 11 is 0. The van der Waals surface area contributed by atoms with Gasteiger partial charge in [0.05, 0.1) is 16.8 Å². The number of aliphatic carboxylic acids is 1. The fraction of sp³-hybridized carbons (Fsp3) is 0.900. The highest BCUT2D eigenvalue weighted by atomic mass is 32.2. The molecule has 1 atom stereocenters. The Hall–Kier alpha value is -0.630. The van der Waals surface area contributed by atoms with Gasteiger partial charge in [-0.2, -0.15) is 0 Å². The molecule has 0 bridgehead atoms. The number of hydrogen-bond acceptors (Lipinski definition) is 5. The molecule has 0 saturated heterocycles. The van der Waals surface area contributed by atoms with Crippen molar-refractivity contribution in [1.29, 1.82) is 0 Å². The molecule has 0 spiro atoms. The number of carboxylic acid groups (broad SMARTS) is 1. The van der Waals surface area contributed by atoms with Crippen molar-refractivity contribution in [1.82, 2.24) is 0 Å². The van der Waals surface area contributed by atoms with Crippen LogP contribution in [0.5, 0.6) is 0 Å². The topological polar surface area (TPSA) is 106 Å². The van der Waals surface area contributed by atoms with E-state index in [1.807, 2.05) is 0 Å². The largest absolute Gasteiger partial charge is 0.480 e. The van der Waals surface area contributed by atoms with Crippen molar-refractivity contribution in [3.63, 3.8) is 0 Å². The standard InChI is InChI=1S/C10H20O6S2/c1-7(2)9(10(11)12)18(15,16)6-5-17(13,14)8(3)4/h7-9H,5-6H2,1-4H3,(H,11,12). The van der Waals surface area contributed by atoms with Crippen LogP contribution in [0.2, 0.25) is 0 Å². The molecule has 0 aliphatic carbocycles. The monoisotopic (exact) mass is 300 g/mol. The molecular weight excluding hydrogens is 280 g/mol. The van der Waals surface area contributed by atoms with Crippen molar-refractivity contribution in [3.05, 3.63) is 0 Å². The first-order chi connectivity index (χ1) is 7.92. The molecule has 8 heteroatoms. The molecule has 0 amide bonds. The zero-order chi connectivity index (χ0) is 14.7. The van der Waals surface area contributed by atoms with E-state index in [0.29, 0.717) is 0 Å². The van der Waals surface area contributed by atoms with Gasteiger partial charge in [-0.05, 0) is 19.8 Å². The van der Waals surface area contributed by atoms with Crippen molar-refractivity contribution < 1.29 is 26.7 Å². The maximum Gasteiger partial charge on any atom is 0.322 e. The van der Waals surface area contributed by atoms with Gasteiger partial charge in [-0.25, -0.2) is 16.8 Å². The second kappa shape index (κ2) is 6.01. The molecule has 0 aromatic heterocycles. The smallest absolute Gasteiger partial charge is 0.322 e. The van der Waals surface area contributed by atoms with Crippen LogP contribution in [0.15, 0.2) is 0 Å². The summed E-state index contributed by atoms with van der Waals surface area (Å²) in [6.45, 7) is 5.87. The van der Waals surface area contributed by atoms with Crippen LogP contribution in [-0.4, -0.2) is 49.9 Å². The van der Waals surface area contributed by atoms with E-state index in [9.17, 15) is 21.6 Å². The van der Waals surface area contributed by atoms with E-state index in [1.165, 1.54) is 27.7 Å². The predicted molar refractivity (Wildman–Crippen MR) is 69.0 cm³/mol. The van der Waals surface area contributed by atoms with E-state index in [-0.39, 0.29) is 0 Å². The lowest BCUT2D eigenvalue weighted by atomic mass is 10.1. The molecule has 0 aliphatic heterocycles. The molecule has 0 saturated carbocycles. The number of rotatable bonds is 7. The summed E-state index contributed by atoms with van der Waals surface area (Å²) in [5.41, 5.74) is 0.